The van der Waals surface area contributed by atoms with E-state index in [1.165, 1.54) is 15.9 Å². The van der Waals surface area contributed by atoms with Crippen molar-refractivity contribution < 1.29 is 15.1 Å². The molecule has 4 heteroatoms. The summed E-state index contributed by atoms with van der Waals surface area (Å²) in [5.41, 5.74) is 0. The molecule has 0 N–H and O–H groups in total. The van der Waals surface area contributed by atoms with Gasteiger partial charge in [0.05, 0.1) is 0 Å². The van der Waals surface area contributed by atoms with Gasteiger partial charge in [-0.2, -0.15) is 0 Å². The maximum atomic E-state index is 4.85. The molecule has 0 fully saturated rings. The molecule has 0 nitrogen and oxygen atoms in total. The molecule has 0 spiro atoms. The van der Waals surface area contributed by atoms with Gasteiger partial charge in [0.25, 0.3) is 0 Å². The van der Waals surface area contributed by atoms with E-state index in [0.29, 0.717) is 0 Å². The zero-order chi connectivity index (χ0) is 23.6. The third kappa shape index (κ3) is 13.1. The molecule has 0 aromatic heterocycles. The standard InChI is InChI=1S/C18H15P.C10H16.2ClH.Ru/c1-4-10-16(11-5-1)19(17-12-6-2-7-13-17)18-14-8-3-9-15-18;1-9(2)7-5-6-8-10(3)4;;;/h1-15H;7-8H,1,3,5-6H2,2,4H3;2*1H;/q;;;;+4/p-2. The maximum absolute atomic E-state index is 4.85. The fourth-order valence-electron chi connectivity index (χ4n) is 2.84. The number of rotatable bonds is 8. The fourth-order valence-corrected chi connectivity index (χ4v) is 5.14. The minimum absolute atomic E-state index is 0.346. The first-order chi connectivity index (χ1) is 15.5. The van der Waals surface area contributed by atoms with E-state index in [-0.39, 0.29) is 15.1 Å². The number of halogens is 2. The molecular weight excluding hydrogens is 539 g/mol. The zero-order valence-corrected chi connectivity index (χ0v) is 22.8. The molecule has 3 rings (SSSR count). The first-order valence-electron chi connectivity index (χ1n) is 10.3. The van der Waals surface area contributed by atoms with Crippen LogP contribution in [0.4, 0.5) is 0 Å². The third-order valence-corrected chi connectivity index (χ3v) is 6.64. The molecule has 168 valence electrons. The van der Waals surface area contributed by atoms with E-state index in [0.717, 1.165) is 24.7 Å². The van der Waals surface area contributed by atoms with Crippen molar-refractivity contribution in [2.75, 3.05) is 0 Å². The summed E-state index contributed by atoms with van der Waals surface area (Å²) in [6.45, 7) is 11.6. The van der Waals surface area contributed by atoms with Gasteiger partial charge >= 0.3 is 34.5 Å². The number of benzene rings is 3. The Morgan fingerprint density at radius 2 is 0.906 bits per heavy atom. The molecule has 0 unspecified atom stereocenters. The third-order valence-electron chi connectivity index (χ3n) is 4.20. The van der Waals surface area contributed by atoms with Crippen LogP contribution in [-0.4, -0.2) is 0 Å². The summed E-state index contributed by atoms with van der Waals surface area (Å²) in [7, 11) is 9.26. The number of hydrogen-bond donors (Lipinski definition) is 0. The zero-order valence-electron chi connectivity index (χ0n) is 18.7. The first kappa shape index (κ1) is 29.3. The Hall–Kier alpha value is -0.707. The summed E-state index contributed by atoms with van der Waals surface area (Å²) in [6.07, 6.45) is 6.45. The van der Waals surface area contributed by atoms with E-state index in [1.54, 1.807) is 0 Å². The summed E-state index contributed by atoms with van der Waals surface area (Å²) in [4.78, 5) is 0. The Labute approximate surface area is 213 Å². The van der Waals surface area contributed by atoms with E-state index in [9.17, 15) is 0 Å². The van der Waals surface area contributed by atoms with Crippen molar-refractivity contribution in [1.82, 2.24) is 0 Å². The second-order valence-corrected chi connectivity index (χ2v) is 11.9. The van der Waals surface area contributed by atoms with E-state index in [4.69, 9.17) is 19.4 Å². The molecule has 0 aliphatic rings. The van der Waals surface area contributed by atoms with Gasteiger partial charge in [-0.1, -0.05) is 105 Å². The van der Waals surface area contributed by atoms with Crippen LogP contribution in [0.3, 0.4) is 0 Å². The average Bonchev–Trinajstić information content (AvgIpc) is 2.80. The van der Waals surface area contributed by atoms with Crippen LogP contribution in [0.15, 0.2) is 91.0 Å². The van der Waals surface area contributed by atoms with Crippen LogP contribution >= 0.6 is 27.3 Å². The summed E-state index contributed by atoms with van der Waals surface area (Å²) in [6, 6.07) is 32.3. The van der Waals surface area contributed by atoms with Gasteiger partial charge < -0.3 is 0 Å². The fraction of sp³-hybridized carbons (Fsp3) is 0.143. The predicted molar refractivity (Wildman–Crippen MR) is 143 cm³/mol. The van der Waals surface area contributed by atoms with Crippen molar-refractivity contribution >= 4 is 43.2 Å². The smallest absolute Gasteiger partial charge is 0.0134 e. The Morgan fingerprint density at radius 1 is 0.656 bits per heavy atom. The Bertz CT molecular complexity index is 692. The van der Waals surface area contributed by atoms with Gasteiger partial charge in [-0.15, -0.1) is 0 Å². The van der Waals surface area contributed by atoms with Gasteiger partial charge in [0.2, 0.25) is 0 Å². The van der Waals surface area contributed by atoms with Crippen LogP contribution in [-0.2, 0) is 15.1 Å². The van der Waals surface area contributed by atoms with Crippen LogP contribution < -0.4 is 15.9 Å². The molecule has 6 radical (unpaired) electrons. The van der Waals surface area contributed by atoms with Gasteiger partial charge in [0, 0.05) is 0 Å². The van der Waals surface area contributed by atoms with Crippen molar-refractivity contribution in [2.45, 2.75) is 26.7 Å². The van der Waals surface area contributed by atoms with E-state index >= 15 is 0 Å². The summed E-state index contributed by atoms with van der Waals surface area (Å²) in [5, 5.41) is 4.19. The minimum Gasteiger partial charge on any atom is -0.0622 e. The summed E-state index contributed by atoms with van der Waals surface area (Å²) >= 11 is -0.346. The van der Waals surface area contributed by atoms with Crippen molar-refractivity contribution in [3.8, 4) is 0 Å². The van der Waals surface area contributed by atoms with Crippen molar-refractivity contribution in [3.63, 3.8) is 0 Å². The molecule has 3 aromatic carbocycles. The van der Waals surface area contributed by atoms with E-state index in [1.807, 2.05) is 13.8 Å². The molecule has 0 amide bonds. The van der Waals surface area contributed by atoms with Gasteiger partial charge in [0.15, 0.2) is 0 Å². The Morgan fingerprint density at radius 3 is 1.12 bits per heavy atom. The Kier molecular flexibility index (Phi) is 17.1. The molecule has 0 atom stereocenters. The molecule has 0 saturated heterocycles. The van der Waals surface area contributed by atoms with Gasteiger partial charge in [-0.25, -0.2) is 0 Å². The predicted octanol–water partition coefficient (Wildman–Crippen LogP) is 7.85. The molecule has 0 saturated carbocycles. The summed E-state index contributed by atoms with van der Waals surface area (Å²) in [5.74, 6) is 2.30. The monoisotopic (exact) mass is 570 g/mol. The summed E-state index contributed by atoms with van der Waals surface area (Å²) < 4.78 is 0. The largest absolute Gasteiger partial charge is 0.0622 e. The SMILES string of the molecule is [CH2][C](C)[CH]CC[CH][C]([CH2])C.[Cl][Ru+2][Cl].c1ccc(P(c2ccccc2)c2ccccc2)cc1. The van der Waals surface area contributed by atoms with Crippen LogP contribution in [0.2, 0.25) is 0 Å². The van der Waals surface area contributed by atoms with Gasteiger partial charge in [-0.05, 0) is 75.2 Å². The quantitative estimate of drug-likeness (QED) is 0.147. The number of hydrogen-bond acceptors (Lipinski definition) is 0. The van der Waals surface area contributed by atoms with E-state index in [2.05, 4.69) is 118 Å². The topological polar surface area (TPSA) is 0 Å². The molecule has 0 heterocycles. The van der Waals surface area contributed by atoms with Crippen molar-refractivity contribution in [1.29, 1.82) is 0 Å². The van der Waals surface area contributed by atoms with Gasteiger partial charge in [0.1, 0.15) is 0 Å². The molecule has 32 heavy (non-hydrogen) atoms. The molecule has 0 aliphatic heterocycles. The van der Waals surface area contributed by atoms with Crippen LogP contribution in [0.25, 0.3) is 0 Å². The van der Waals surface area contributed by atoms with Crippen LogP contribution in [0.1, 0.15) is 26.7 Å². The first-order valence-corrected chi connectivity index (χ1v) is 16.1. The van der Waals surface area contributed by atoms with Crippen molar-refractivity contribution in [3.05, 3.63) is 130 Å². The van der Waals surface area contributed by atoms with Crippen LogP contribution in [0, 0.1) is 38.5 Å². The molecule has 0 bridgehead atoms. The minimum atomic E-state index is -0.446. The van der Waals surface area contributed by atoms with E-state index < -0.39 is 7.92 Å². The van der Waals surface area contributed by atoms with Gasteiger partial charge in [-0.3, -0.25) is 0 Å². The molecule has 0 aliphatic carbocycles. The normalized spacial score (nSPS) is 10.4. The number of unbranched alkanes of at least 4 members (excludes halogenated alkanes) is 1. The second kappa shape index (κ2) is 18.7. The Balaban J connectivity index is 0.000000335. The second-order valence-electron chi connectivity index (χ2n) is 7.07. The average molecular weight is 571 g/mol. The maximum Gasteiger partial charge on any atom is -0.0134 e. The van der Waals surface area contributed by atoms with Crippen LogP contribution in [0.5, 0.6) is 0 Å². The molecular formula is C28H31Cl2PRu+2. The molecule has 3 aromatic rings. The van der Waals surface area contributed by atoms with Crippen molar-refractivity contribution in [2.24, 2.45) is 0 Å².